The molecule has 2 heterocycles. The van der Waals surface area contributed by atoms with E-state index in [1.165, 1.54) is 14.0 Å². The zero-order chi connectivity index (χ0) is 47.0. The number of rotatable bonds is 13. The lowest BCUT2D eigenvalue weighted by molar-refractivity contribution is -0.321. The molecule has 0 radical (unpaired) electrons. The van der Waals surface area contributed by atoms with Crippen LogP contribution in [-0.2, 0) is 42.7 Å². The number of nitrogens with one attached hydrogen (secondary N) is 5. The first-order chi connectivity index (χ1) is 28.5. The van der Waals surface area contributed by atoms with Crippen molar-refractivity contribution in [1.29, 1.82) is 0 Å². The fourth-order valence-corrected chi connectivity index (χ4v) is 6.56. The molecular formula is C39H68N6O17. The van der Waals surface area contributed by atoms with Crippen molar-refractivity contribution >= 4 is 30.3 Å². The molecule has 11 N–H and O–H groups in total. The molecule has 23 nitrogen and oxygen atoms in total. The molecule has 0 bridgehead atoms. The van der Waals surface area contributed by atoms with Gasteiger partial charge in [0.2, 0.25) is 12.2 Å². The molecule has 356 valence electrons. The second-order valence-electron chi connectivity index (χ2n) is 18.5. The van der Waals surface area contributed by atoms with Crippen molar-refractivity contribution in [1.82, 2.24) is 26.6 Å². The van der Waals surface area contributed by atoms with Crippen LogP contribution in [0.1, 0.15) is 88.5 Å². The van der Waals surface area contributed by atoms with E-state index < -0.39 is 127 Å². The molecule has 1 aliphatic carbocycles. The standard InChI is InChI=1S/C39H68N6O17/c1-36(2,3)60-33(51)42-15-14-23(46)29(49)43-21-16-22(45-35(53)62-38(7,8)9)27(57-30-20(13-12-19(17-40)56-30)44-34(52)61-37(4,5)6)24(47)26(21)58-31-25(48)28(59-32(50)41-11)39(10,54)18-55-31/h12,20-28,30-31,46-48,54H,13-18,40H2,1-11H3,(H,41,50)(H,42,51)(H,43,49)(H,44,52)(H,45,53)/t20-,21-,22+,23?,24-,25-,26+,27-,28-,30-,31-,39-/m1/s1. The summed E-state index contributed by atoms with van der Waals surface area (Å²) in [6.07, 6.45) is -15.7. The van der Waals surface area contributed by atoms with Crippen LogP contribution in [-0.4, -0.2) is 167 Å². The maximum Gasteiger partial charge on any atom is 0.408 e. The Morgan fingerprint density at radius 2 is 1.32 bits per heavy atom. The zero-order valence-corrected chi connectivity index (χ0v) is 37.3. The molecule has 62 heavy (non-hydrogen) atoms. The van der Waals surface area contributed by atoms with Crippen LogP contribution in [0.15, 0.2) is 11.8 Å². The molecule has 1 saturated heterocycles. The van der Waals surface area contributed by atoms with Crippen molar-refractivity contribution in [3.8, 4) is 0 Å². The van der Waals surface area contributed by atoms with E-state index in [0.717, 1.165) is 0 Å². The van der Waals surface area contributed by atoms with E-state index in [1.807, 2.05) is 0 Å². The number of hydrogen-bond acceptors (Lipinski definition) is 18. The van der Waals surface area contributed by atoms with Crippen molar-refractivity contribution in [2.24, 2.45) is 5.73 Å². The number of ether oxygens (including phenoxy) is 8. The third kappa shape index (κ3) is 16.2. The van der Waals surface area contributed by atoms with Gasteiger partial charge in [0.25, 0.3) is 0 Å². The summed E-state index contributed by atoms with van der Waals surface area (Å²) < 4.78 is 45.7. The number of amides is 5. The largest absolute Gasteiger partial charge is 0.466 e. The Morgan fingerprint density at radius 1 is 0.806 bits per heavy atom. The molecule has 2 aliphatic heterocycles. The van der Waals surface area contributed by atoms with Crippen molar-refractivity contribution in [2.45, 2.75) is 178 Å². The molecule has 1 unspecified atom stereocenters. The molecular weight excluding hydrogens is 824 g/mol. The van der Waals surface area contributed by atoms with Crippen LogP contribution in [0.4, 0.5) is 19.2 Å². The molecule has 12 atom stereocenters. The van der Waals surface area contributed by atoms with Gasteiger partial charge in [-0.15, -0.1) is 0 Å². The topological polar surface area (TPSA) is 326 Å². The number of carbonyl (C=O) groups excluding carboxylic acids is 5. The van der Waals surface area contributed by atoms with Gasteiger partial charge in [0, 0.05) is 13.6 Å². The quantitative estimate of drug-likeness (QED) is 0.108. The van der Waals surface area contributed by atoms with Crippen LogP contribution in [0.3, 0.4) is 0 Å². The minimum Gasteiger partial charge on any atom is -0.466 e. The monoisotopic (exact) mass is 892 g/mol. The van der Waals surface area contributed by atoms with Gasteiger partial charge in [0.05, 0.1) is 31.3 Å². The third-order valence-electron chi connectivity index (χ3n) is 9.25. The van der Waals surface area contributed by atoms with Gasteiger partial charge in [-0.2, -0.15) is 0 Å². The fraction of sp³-hybridized carbons (Fsp3) is 0.821. The maximum atomic E-state index is 13.6. The van der Waals surface area contributed by atoms with Crippen LogP contribution in [0.5, 0.6) is 0 Å². The molecule has 1 saturated carbocycles. The lowest BCUT2D eigenvalue weighted by Gasteiger charge is -2.49. The Balaban J connectivity index is 2.03. The van der Waals surface area contributed by atoms with Gasteiger partial charge < -0.3 is 90.6 Å². The lowest BCUT2D eigenvalue weighted by Crippen LogP contribution is -2.69. The van der Waals surface area contributed by atoms with E-state index in [1.54, 1.807) is 68.4 Å². The maximum absolute atomic E-state index is 13.6. The summed E-state index contributed by atoms with van der Waals surface area (Å²) in [6, 6.07) is -3.51. The molecule has 3 rings (SSSR count). The Labute approximate surface area is 361 Å². The highest BCUT2D eigenvalue weighted by atomic mass is 16.7. The lowest BCUT2D eigenvalue weighted by atomic mass is 9.83. The normalized spacial score (nSPS) is 30.9. The third-order valence-corrected chi connectivity index (χ3v) is 9.25. The number of hydrogen-bond donors (Lipinski definition) is 10. The molecule has 0 aromatic rings. The van der Waals surface area contributed by atoms with E-state index >= 15 is 0 Å². The van der Waals surface area contributed by atoms with Gasteiger partial charge >= 0.3 is 24.4 Å². The average Bonchev–Trinajstić information content (AvgIpc) is 3.12. The average molecular weight is 893 g/mol. The number of carbonyl (C=O) groups is 5. The molecule has 3 aliphatic rings. The van der Waals surface area contributed by atoms with Crippen LogP contribution >= 0.6 is 0 Å². The molecule has 2 fully saturated rings. The van der Waals surface area contributed by atoms with E-state index in [4.69, 9.17) is 43.6 Å². The molecule has 5 amide bonds. The molecule has 0 aromatic carbocycles. The number of aliphatic hydroxyl groups is 4. The molecule has 23 heteroatoms. The Kier molecular flexibility index (Phi) is 18.0. The SMILES string of the molecule is CNC(=O)O[C@@H]1[C@@H](O)[C@@H](O[C@@H]2[C@@H](O)[C@H](O[C@H]3OC(CN)=CC[C@H]3NC(=O)OC(C)(C)C)[C@@H](NC(=O)OC(C)(C)C)C[C@H]2NC(=O)C(O)CCNC(=O)OC(C)(C)C)OC[C@@]1(C)O. The van der Waals surface area contributed by atoms with Crippen molar-refractivity contribution < 1.29 is 82.3 Å². The van der Waals surface area contributed by atoms with Gasteiger partial charge in [0.1, 0.15) is 58.7 Å². The summed E-state index contributed by atoms with van der Waals surface area (Å²) >= 11 is 0. The first kappa shape index (κ1) is 52.1. The highest BCUT2D eigenvalue weighted by Gasteiger charge is 2.54. The summed E-state index contributed by atoms with van der Waals surface area (Å²) in [5.41, 5.74) is 1.32. The molecule has 0 aromatic heterocycles. The summed E-state index contributed by atoms with van der Waals surface area (Å²) in [7, 11) is 1.27. The van der Waals surface area contributed by atoms with E-state index in [2.05, 4.69) is 26.6 Å². The number of alkyl carbamates (subject to hydrolysis) is 4. The first-order valence-corrected chi connectivity index (χ1v) is 20.4. The Bertz CT molecular complexity index is 1580. The first-order valence-electron chi connectivity index (χ1n) is 20.4. The van der Waals surface area contributed by atoms with Crippen molar-refractivity contribution in [3.05, 3.63) is 11.8 Å². The minimum atomic E-state index is -1.92. The number of nitrogens with two attached hydrogens (primary N) is 1. The van der Waals surface area contributed by atoms with Crippen LogP contribution in [0, 0.1) is 0 Å². The van der Waals surface area contributed by atoms with E-state index in [9.17, 15) is 44.4 Å². The summed E-state index contributed by atoms with van der Waals surface area (Å²) in [5, 5.41) is 58.2. The Hall–Kier alpha value is -4.23. The van der Waals surface area contributed by atoms with Gasteiger partial charge in [0.15, 0.2) is 12.4 Å². The van der Waals surface area contributed by atoms with Crippen LogP contribution in [0.2, 0.25) is 0 Å². The van der Waals surface area contributed by atoms with Crippen LogP contribution in [0.25, 0.3) is 0 Å². The van der Waals surface area contributed by atoms with Gasteiger partial charge in [-0.3, -0.25) is 4.79 Å². The summed E-state index contributed by atoms with van der Waals surface area (Å²) in [5.74, 6) is -0.707. The Morgan fingerprint density at radius 3 is 1.85 bits per heavy atom. The second-order valence-corrected chi connectivity index (χ2v) is 18.5. The van der Waals surface area contributed by atoms with Gasteiger partial charge in [-0.1, -0.05) is 0 Å². The van der Waals surface area contributed by atoms with Crippen molar-refractivity contribution in [3.63, 3.8) is 0 Å². The van der Waals surface area contributed by atoms with Gasteiger partial charge in [-0.05, 0) is 94.6 Å². The minimum absolute atomic E-state index is 0.0682. The predicted molar refractivity (Wildman–Crippen MR) is 216 cm³/mol. The highest BCUT2D eigenvalue weighted by molar-refractivity contribution is 5.81. The second kappa shape index (κ2) is 21.4. The smallest absolute Gasteiger partial charge is 0.408 e. The summed E-state index contributed by atoms with van der Waals surface area (Å²) in [6.45, 7) is 15.4. The van der Waals surface area contributed by atoms with Crippen LogP contribution < -0.4 is 32.3 Å². The fourth-order valence-electron chi connectivity index (χ4n) is 6.56. The van der Waals surface area contributed by atoms with Crippen molar-refractivity contribution in [2.75, 3.05) is 26.7 Å². The zero-order valence-electron chi connectivity index (χ0n) is 37.3. The van der Waals surface area contributed by atoms with Gasteiger partial charge in [-0.25, -0.2) is 19.2 Å². The van der Waals surface area contributed by atoms with E-state index in [-0.39, 0.29) is 38.1 Å². The predicted octanol–water partition coefficient (Wildman–Crippen LogP) is -0.150. The molecule has 0 spiro atoms. The highest BCUT2D eigenvalue weighted by Crippen LogP contribution is 2.34. The van der Waals surface area contributed by atoms with E-state index in [0.29, 0.717) is 0 Å². The number of aliphatic hydroxyl groups excluding tert-OH is 3. The summed E-state index contributed by atoms with van der Waals surface area (Å²) in [4.78, 5) is 64.2.